The van der Waals surface area contributed by atoms with Gasteiger partial charge >= 0.3 is 7.12 Å². The van der Waals surface area contributed by atoms with E-state index in [0.717, 1.165) is 5.56 Å². The molecule has 0 N–H and O–H groups in total. The minimum absolute atomic E-state index is 0.324. The van der Waals surface area contributed by atoms with Gasteiger partial charge in [-0.05, 0) is 33.3 Å². The third kappa shape index (κ3) is 2.47. The molecular formula is C15H19BBrFO2. The van der Waals surface area contributed by atoms with Crippen LogP contribution in [-0.2, 0) is 14.6 Å². The van der Waals surface area contributed by atoms with Crippen molar-refractivity contribution in [1.82, 2.24) is 0 Å². The van der Waals surface area contributed by atoms with Gasteiger partial charge < -0.3 is 9.31 Å². The Morgan fingerprint density at radius 1 is 1.25 bits per heavy atom. The molecule has 2 rings (SSSR count). The van der Waals surface area contributed by atoms with Gasteiger partial charge in [0.25, 0.3) is 0 Å². The lowest BCUT2D eigenvalue weighted by Crippen LogP contribution is -2.41. The lowest BCUT2D eigenvalue weighted by atomic mass is 9.75. The van der Waals surface area contributed by atoms with Gasteiger partial charge in [-0.2, -0.15) is 0 Å². The molecule has 1 aromatic carbocycles. The molecule has 1 aromatic rings. The van der Waals surface area contributed by atoms with E-state index in [1.54, 1.807) is 6.07 Å². The van der Waals surface area contributed by atoms with E-state index >= 15 is 0 Å². The van der Waals surface area contributed by atoms with Crippen molar-refractivity contribution in [3.63, 3.8) is 0 Å². The normalized spacial score (nSPS) is 20.2. The number of benzene rings is 1. The maximum atomic E-state index is 14.6. The lowest BCUT2D eigenvalue weighted by Gasteiger charge is -2.32. The molecule has 0 radical (unpaired) electrons. The summed E-state index contributed by atoms with van der Waals surface area (Å²) in [4.78, 5) is 0. The number of rotatable bonds is 3. The smallest absolute Gasteiger partial charge is 0.399 e. The summed E-state index contributed by atoms with van der Waals surface area (Å²) in [5.41, 5.74) is 0.763. The zero-order chi connectivity index (χ0) is 15.1. The number of hydrogen-bond acceptors (Lipinski definition) is 2. The van der Waals surface area contributed by atoms with Crippen molar-refractivity contribution < 1.29 is 13.7 Å². The van der Waals surface area contributed by atoms with Crippen LogP contribution >= 0.6 is 15.9 Å². The van der Waals surface area contributed by atoms with Gasteiger partial charge in [-0.15, -0.1) is 0 Å². The van der Waals surface area contributed by atoms with Crippen molar-refractivity contribution >= 4 is 34.6 Å². The zero-order valence-electron chi connectivity index (χ0n) is 12.3. The first kappa shape index (κ1) is 15.7. The predicted molar refractivity (Wildman–Crippen MR) is 84.8 cm³/mol. The summed E-state index contributed by atoms with van der Waals surface area (Å²) >= 11 is 3.39. The van der Waals surface area contributed by atoms with Crippen molar-refractivity contribution in [2.75, 3.05) is 0 Å². The first-order chi connectivity index (χ1) is 9.23. The van der Waals surface area contributed by atoms with E-state index in [2.05, 4.69) is 22.5 Å². The van der Waals surface area contributed by atoms with Gasteiger partial charge in [-0.3, -0.25) is 0 Å². The number of hydrogen-bond donors (Lipinski definition) is 0. The Morgan fingerprint density at radius 2 is 1.80 bits per heavy atom. The highest BCUT2D eigenvalue weighted by Gasteiger charge is 2.53. The lowest BCUT2D eigenvalue weighted by molar-refractivity contribution is 0.00578. The van der Waals surface area contributed by atoms with Crippen LogP contribution in [0.4, 0.5) is 4.39 Å². The maximum absolute atomic E-state index is 14.6. The highest BCUT2D eigenvalue weighted by Crippen LogP contribution is 2.37. The number of halogens is 2. The van der Waals surface area contributed by atoms with E-state index in [1.165, 1.54) is 6.08 Å². The zero-order valence-corrected chi connectivity index (χ0v) is 13.9. The Bertz CT molecular complexity index is 527. The summed E-state index contributed by atoms with van der Waals surface area (Å²) in [5.74, 6) is -0.324. The molecule has 20 heavy (non-hydrogen) atoms. The molecule has 108 valence electrons. The van der Waals surface area contributed by atoms with E-state index in [1.807, 2.05) is 33.8 Å². The molecule has 5 heteroatoms. The Balaban J connectivity index is 2.51. The van der Waals surface area contributed by atoms with Crippen LogP contribution in [0.3, 0.4) is 0 Å². The average Bonchev–Trinajstić information content (AvgIpc) is 2.57. The highest BCUT2D eigenvalue weighted by molar-refractivity contribution is 9.08. The fraction of sp³-hybridized carbons (Fsp3) is 0.467. The van der Waals surface area contributed by atoms with Crippen LogP contribution in [0.15, 0.2) is 18.7 Å². The Morgan fingerprint density at radius 3 is 2.25 bits per heavy atom. The van der Waals surface area contributed by atoms with Gasteiger partial charge in [-0.25, -0.2) is 4.39 Å². The summed E-state index contributed by atoms with van der Waals surface area (Å²) < 4.78 is 26.5. The van der Waals surface area contributed by atoms with Crippen LogP contribution in [0.25, 0.3) is 6.08 Å². The molecule has 0 aromatic heterocycles. The molecule has 0 atom stereocenters. The second-order valence-electron chi connectivity index (χ2n) is 5.97. The summed E-state index contributed by atoms with van der Waals surface area (Å²) in [6.45, 7) is 11.5. The van der Waals surface area contributed by atoms with E-state index in [-0.39, 0.29) is 5.82 Å². The van der Waals surface area contributed by atoms with Crippen molar-refractivity contribution in [2.24, 2.45) is 0 Å². The van der Waals surface area contributed by atoms with E-state index in [0.29, 0.717) is 16.4 Å². The summed E-state index contributed by atoms with van der Waals surface area (Å²) in [7, 11) is -0.701. The largest absolute Gasteiger partial charge is 0.498 e. The summed E-state index contributed by atoms with van der Waals surface area (Å²) in [5, 5.41) is 0.542. The van der Waals surface area contributed by atoms with Crippen LogP contribution < -0.4 is 5.46 Å². The molecule has 0 spiro atoms. The van der Waals surface area contributed by atoms with E-state index in [9.17, 15) is 4.39 Å². The van der Waals surface area contributed by atoms with Gasteiger partial charge in [0.05, 0.1) is 11.2 Å². The molecule has 0 saturated carbocycles. The number of alkyl halides is 1. The third-order valence-electron chi connectivity index (χ3n) is 4.15. The van der Waals surface area contributed by atoms with Crippen LogP contribution in [0.1, 0.15) is 38.8 Å². The molecule has 1 saturated heterocycles. The molecule has 0 bridgehead atoms. The molecule has 1 aliphatic heterocycles. The van der Waals surface area contributed by atoms with Crippen molar-refractivity contribution in [3.05, 3.63) is 35.7 Å². The molecule has 0 unspecified atom stereocenters. The van der Waals surface area contributed by atoms with Crippen molar-refractivity contribution in [2.45, 2.75) is 44.2 Å². The Hall–Kier alpha value is -0.645. The molecule has 1 heterocycles. The van der Waals surface area contributed by atoms with Gasteiger partial charge in [0.2, 0.25) is 0 Å². The average molecular weight is 341 g/mol. The second-order valence-corrected chi connectivity index (χ2v) is 6.53. The van der Waals surface area contributed by atoms with Crippen molar-refractivity contribution in [1.29, 1.82) is 0 Å². The van der Waals surface area contributed by atoms with Gasteiger partial charge in [0.15, 0.2) is 0 Å². The SMILES string of the molecule is C=Cc1ccc(CBr)c(B2OC(C)(C)C(C)(C)O2)c1F. The fourth-order valence-electron chi connectivity index (χ4n) is 2.14. The van der Waals surface area contributed by atoms with Crippen LogP contribution in [0.5, 0.6) is 0 Å². The Labute approximate surface area is 128 Å². The fourth-order valence-corrected chi connectivity index (χ4v) is 2.63. The van der Waals surface area contributed by atoms with Crippen molar-refractivity contribution in [3.8, 4) is 0 Å². The van der Waals surface area contributed by atoms with Crippen LogP contribution in [-0.4, -0.2) is 18.3 Å². The minimum atomic E-state index is -0.701. The first-order valence-electron chi connectivity index (χ1n) is 6.59. The molecule has 0 amide bonds. The van der Waals surface area contributed by atoms with E-state index < -0.39 is 18.3 Å². The first-order valence-corrected chi connectivity index (χ1v) is 7.71. The summed E-state index contributed by atoms with van der Waals surface area (Å²) in [6, 6.07) is 3.59. The summed E-state index contributed by atoms with van der Waals surface area (Å²) in [6.07, 6.45) is 1.50. The molecule has 0 aliphatic carbocycles. The van der Waals surface area contributed by atoms with Gasteiger partial charge in [0, 0.05) is 16.4 Å². The minimum Gasteiger partial charge on any atom is -0.399 e. The third-order valence-corrected chi connectivity index (χ3v) is 4.76. The predicted octanol–water partition coefficient (Wildman–Crippen LogP) is 3.66. The van der Waals surface area contributed by atoms with E-state index in [4.69, 9.17) is 9.31 Å². The topological polar surface area (TPSA) is 18.5 Å². The maximum Gasteiger partial charge on any atom is 0.498 e. The monoisotopic (exact) mass is 340 g/mol. The van der Waals surface area contributed by atoms with Crippen LogP contribution in [0.2, 0.25) is 0 Å². The molecule has 2 nitrogen and oxygen atoms in total. The van der Waals surface area contributed by atoms with Gasteiger partial charge in [-0.1, -0.05) is 40.7 Å². The Kier molecular flexibility index (Phi) is 4.16. The molecule has 1 fully saturated rings. The van der Waals surface area contributed by atoms with Crippen LogP contribution in [0, 0.1) is 5.82 Å². The standard InChI is InChI=1S/C15H19BBrFO2/c1-6-10-7-8-11(9-17)12(13(10)18)16-19-14(2,3)15(4,5)20-16/h6-8H,1,9H2,2-5H3. The second kappa shape index (κ2) is 5.28. The molecular weight excluding hydrogens is 322 g/mol. The highest BCUT2D eigenvalue weighted by atomic mass is 79.9. The molecule has 1 aliphatic rings. The van der Waals surface area contributed by atoms with Gasteiger partial charge in [0.1, 0.15) is 5.82 Å². The quantitative estimate of drug-likeness (QED) is 0.617.